The standard InChI is InChI=1S/C10H14FNO/c1-8(12)6-13-7-9-2-4-10(11)5-3-9/h2-5,8H,6-7,12H2,1H3/t8-/m1/s1. The van der Waals surface area contributed by atoms with Crippen LogP contribution >= 0.6 is 0 Å². The highest BCUT2D eigenvalue weighted by atomic mass is 19.1. The maximum absolute atomic E-state index is 12.5. The number of hydrogen-bond donors (Lipinski definition) is 1. The molecule has 0 fully saturated rings. The lowest BCUT2D eigenvalue weighted by Gasteiger charge is -2.06. The van der Waals surface area contributed by atoms with Crippen LogP contribution in [0.25, 0.3) is 0 Å². The van der Waals surface area contributed by atoms with Gasteiger partial charge < -0.3 is 10.5 Å². The normalized spacial score (nSPS) is 12.8. The molecular formula is C10H14FNO. The Labute approximate surface area is 77.5 Å². The molecule has 0 bridgehead atoms. The van der Waals surface area contributed by atoms with E-state index in [1.165, 1.54) is 12.1 Å². The van der Waals surface area contributed by atoms with Gasteiger partial charge in [-0.2, -0.15) is 0 Å². The van der Waals surface area contributed by atoms with Crippen LogP contribution in [0.5, 0.6) is 0 Å². The van der Waals surface area contributed by atoms with Gasteiger partial charge in [-0.3, -0.25) is 0 Å². The summed E-state index contributed by atoms with van der Waals surface area (Å²) in [6.07, 6.45) is 0. The van der Waals surface area contributed by atoms with E-state index in [2.05, 4.69) is 0 Å². The third-order valence-electron chi connectivity index (χ3n) is 1.56. The van der Waals surface area contributed by atoms with E-state index in [4.69, 9.17) is 10.5 Å². The van der Waals surface area contributed by atoms with Crippen LogP contribution in [0.4, 0.5) is 4.39 Å². The number of rotatable bonds is 4. The van der Waals surface area contributed by atoms with Gasteiger partial charge in [-0.1, -0.05) is 12.1 Å². The van der Waals surface area contributed by atoms with Gasteiger partial charge in [0.2, 0.25) is 0 Å². The molecule has 3 heteroatoms. The lowest BCUT2D eigenvalue weighted by atomic mass is 10.2. The van der Waals surface area contributed by atoms with Crippen molar-refractivity contribution in [3.8, 4) is 0 Å². The van der Waals surface area contributed by atoms with Crippen molar-refractivity contribution in [3.63, 3.8) is 0 Å². The first-order valence-corrected chi connectivity index (χ1v) is 4.26. The fourth-order valence-electron chi connectivity index (χ4n) is 0.943. The molecule has 1 aromatic rings. The number of nitrogens with two attached hydrogens (primary N) is 1. The lowest BCUT2D eigenvalue weighted by Crippen LogP contribution is -2.21. The second-order valence-electron chi connectivity index (χ2n) is 3.12. The summed E-state index contributed by atoms with van der Waals surface area (Å²) in [5.74, 6) is -0.226. The maximum atomic E-state index is 12.5. The Bertz CT molecular complexity index is 246. The third kappa shape index (κ3) is 4.01. The Morgan fingerprint density at radius 2 is 2.00 bits per heavy atom. The molecular weight excluding hydrogens is 169 g/mol. The molecule has 0 radical (unpaired) electrons. The molecule has 0 aliphatic carbocycles. The van der Waals surface area contributed by atoms with E-state index in [-0.39, 0.29) is 11.9 Å². The second kappa shape index (κ2) is 4.94. The zero-order valence-corrected chi connectivity index (χ0v) is 7.66. The maximum Gasteiger partial charge on any atom is 0.123 e. The van der Waals surface area contributed by atoms with E-state index in [9.17, 15) is 4.39 Å². The molecule has 0 amide bonds. The summed E-state index contributed by atoms with van der Waals surface area (Å²) in [5, 5.41) is 0. The molecule has 1 rings (SSSR count). The molecule has 0 saturated carbocycles. The zero-order valence-electron chi connectivity index (χ0n) is 7.66. The first-order valence-electron chi connectivity index (χ1n) is 4.26. The summed E-state index contributed by atoms with van der Waals surface area (Å²) >= 11 is 0. The average molecular weight is 183 g/mol. The SMILES string of the molecule is C[C@@H](N)COCc1ccc(F)cc1. The molecule has 0 unspecified atom stereocenters. The highest BCUT2D eigenvalue weighted by Crippen LogP contribution is 2.03. The van der Waals surface area contributed by atoms with Gasteiger partial charge in [0.1, 0.15) is 5.82 Å². The topological polar surface area (TPSA) is 35.2 Å². The van der Waals surface area contributed by atoms with E-state index in [1.54, 1.807) is 12.1 Å². The summed E-state index contributed by atoms with van der Waals surface area (Å²) in [7, 11) is 0. The Morgan fingerprint density at radius 1 is 1.38 bits per heavy atom. The van der Waals surface area contributed by atoms with Crippen LogP contribution in [-0.4, -0.2) is 12.6 Å². The first kappa shape index (κ1) is 10.2. The molecule has 2 nitrogen and oxygen atoms in total. The van der Waals surface area contributed by atoms with Crippen LogP contribution in [0.2, 0.25) is 0 Å². The molecule has 0 aliphatic rings. The number of halogens is 1. The molecule has 0 aromatic heterocycles. The third-order valence-corrected chi connectivity index (χ3v) is 1.56. The molecule has 0 spiro atoms. The van der Waals surface area contributed by atoms with E-state index >= 15 is 0 Å². The molecule has 13 heavy (non-hydrogen) atoms. The lowest BCUT2D eigenvalue weighted by molar-refractivity contribution is 0.111. The van der Waals surface area contributed by atoms with E-state index in [0.717, 1.165) is 5.56 Å². The van der Waals surface area contributed by atoms with Crippen molar-refractivity contribution in [2.75, 3.05) is 6.61 Å². The zero-order chi connectivity index (χ0) is 9.68. The van der Waals surface area contributed by atoms with Crippen LogP contribution in [0.1, 0.15) is 12.5 Å². The molecule has 0 aliphatic heterocycles. The second-order valence-corrected chi connectivity index (χ2v) is 3.12. The van der Waals surface area contributed by atoms with E-state index in [1.807, 2.05) is 6.92 Å². The Morgan fingerprint density at radius 3 is 2.54 bits per heavy atom. The number of benzene rings is 1. The minimum absolute atomic E-state index is 0.0421. The quantitative estimate of drug-likeness (QED) is 0.771. The molecule has 72 valence electrons. The van der Waals surface area contributed by atoms with Crippen LogP contribution in [0, 0.1) is 5.82 Å². The monoisotopic (exact) mass is 183 g/mol. The first-order chi connectivity index (χ1) is 6.18. The smallest absolute Gasteiger partial charge is 0.123 e. The van der Waals surface area contributed by atoms with Gasteiger partial charge in [-0.05, 0) is 24.6 Å². The fraction of sp³-hybridized carbons (Fsp3) is 0.400. The predicted octanol–water partition coefficient (Wildman–Crippen LogP) is 1.69. The average Bonchev–Trinajstić information content (AvgIpc) is 2.08. The molecule has 0 saturated heterocycles. The number of ether oxygens (including phenoxy) is 1. The molecule has 2 N–H and O–H groups in total. The Balaban J connectivity index is 2.33. The van der Waals surface area contributed by atoms with Gasteiger partial charge in [-0.15, -0.1) is 0 Å². The molecule has 1 atom stereocenters. The highest BCUT2D eigenvalue weighted by molar-refractivity contribution is 5.14. The van der Waals surface area contributed by atoms with Crippen LogP contribution in [0.15, 0.2) is 24.3 Å². The largest absolute Gasteiger partial charge is 0.375 e. The van der Waals surface area contributed by atoms with Crippen molar-refractivity contribution in [1.82, 2.24) is 0 Å². The Hall–Kier alpha value is -0.930. The predicted molar refractivity (Wildman–Crippen MR) is 49.7 cm³/mol. The van der Waals surface area contributed by atoms with Crippen LogP contribution in [-0.2, 0) is 11.3 Å². The van der Waals surface area contributed by atoms with Crippen molar-refractivity contribution in [2.24, 2.45) is 5.73 Å². The van der Waals surface area contributed by atoms with Gasteiger partial charge in [0.15, 0.2) is 0 Å². The Kier molecular flexibility index (Phi) is 3.86. The highest BCUT2D eigenvalue weighted by Gasteiger charge is 1.96. The van der Waals surface area contributed by atoms with Crippen molar-refractivity contribution in [1.29, 1.82) is 0 Å². The summed E-state index contributed by atoms with van der Waals surface area (Å²) < 4.78 is 17.7. The molecule has 0 heterocycles. The van der Waals surface area contributed by atoms with Crippen molar-refractivity contribution in [3.05, 3.63) is 35.6 Å². The van der Waals surface area contributed by atoms with Crippen molar-refractivity contribution >= 4 is 0 Å². The van der Waals surface area contributed by atoms with E-state index in [0.29, 0.717) is 13.2 Å². The van der Waals surface area contributed by atoms with Crippen molar-refractivity contribution < 1.29 is 9.13 Å². The number of hydrogen-bond acceptors (Lipinski definition) is 2. The van der Waals surface area contributed by atoms with Crippen LogP contribution < -0.4 is 5.73 Å². The van der Waals surface area contributed by atoms with Gasteiger partial charge in [0.05, 0.1) is 13.2 Å². The van der Waals surface area contributed by atoms with Crippen LogP contribution in [0.3, 0.4) is 0 Å². The summed E-state index contributed by atoms with van der Waals surface area (Å²) in [6.45, 7) is 2.89. The summed E-state index contributed by atoms with van der Waals surface area (Å²) in [5.41, 5.74) is 6.46. The van der Waals surface area contributed by atoms with Gasteiger partial charge in [0.25, 0.3) is 0 Å². The summed E-state index contributed by atoms with van der Waals surface area (Å²) in [6, 6.07) is 6.29. The van der Waals surface area contributed by atoms with Gasteiger partial charge >= 0.3 is 0 Å². The van der Waals surface area contributed by atoms with Crippen molar-refractivity contribution in [2.45, 2.75) is 19.6 Å². The minimum Gasteiger partial charge on any atom is -0.375 e. The minimum atomic E-state index is -0.226. The summed E-state index contributed by atoms with van der Waals surface area (Å²) in [4.78, 5) is 0. The van der Waals surface area contributed by atoms with E-state index < -0.39 is 0 Å². The molecule has 1 aromatic carbocycles. The fourth-order valence-corrected chi connectivity index (χ4v) is 0.943. The van der Waals surface area contributed by atoms with Gasteiger partial charge in [-0.25, -0.2) is 4.39 Å². The van der Waals surface area contributed by atoms with Gasteiger partial charge in [0, 0.05) is 6.04 Å².